The standard InChI is InChI=1S/C27H41NO/c1-25(29)15-16-26(2)20(17-25)9-10-21-22-11-12-24(27(22,3)14-13-23(21)26)28-18-19-7-5-4-6-8-19/h4-8,20-24,28-29H,9-18H2,1-3H3/t20-,21-,22-,23-,24-,25+,26-,27-/m0/s1. The lowest BCUT2D eigenvalue weighted by Gasteiger charge is -2.62. The quantitative estimate of drug-likeness (QED) is 0.664. The van der Waals surface area contributed by atoms with E-state index in [0.29, 0.717) is 16.9 Å². The van der Waals surface area contributed by atoms with Gasteiger partial charge in [-0.3, -0.25) is 0 Å². The third-order valence-electron chi connectivity index (χ3n) is 10.3. The van der Waals surface area contributed by atoms with E-state index < -0.39 is 5.60 Å². The van der Waals surface area contributed by atoms with E-state index >= 15 is 0 Å². The molecule has 0 unspecified atom stereocenters. The summed E-state index contributed by atoms with van der Waals surface area (Å²) in [5.41, 5.74) is 1.94. The van der Waals surface area contributed by atoms with Crippen molar-refractivity contribution in [3.05, 3.63) is 35.9 Å². The van der Waals surface area contributed by atoms with Crippen LogP contribution < -0.4 is 5.32 Å². The Hall–Kier alpha value is -0.860. The lowest BCUT2D eigenvalue weighted by atomic mass is 9.44. The van der Waals surface area contributed by atoms with Crippen LogP contribution in [0.25, 0.3) is 0 Å². The molecule has 0 amide bonds. The average molecular weight is 396 g/mol. The summed E-state index contributed by atoms with van der Waals surface area (Å²) in [6.07, 6.45) is 11.6. The van der Waals surface area contributed by atoms with Crippen molar-refractivity contribution in [3.63, 3.8) is 0 Å². The molecule has 8 atom stereocenters. The first-order valence-corrected chi connectivity index (χ1v) is 12.3. The summed E-state index contributed by atoms with van der Waals surface area (Å²) >= 11 is 0. The van der Waals surface area contributed by atoms with E-state index in [1.165, 1.54) is 50.5 Å². The van der Waals surface area contributed by atoms with Gasteiger partial charge in [0.05, 0.1) is 5.60 Å². The molecule has 4 aliphatic carbocycles. The number of hydrogen-bond donors (Lipinski definition) is 2. The molecule has 0 aliphatic heterocycles. The average Bonchev–Trinajstić information content (AvgIpc) is 3.04. The Kier molecular flexibility index (Phi) is 4.91. The van der Waals surface area contributed by atoms with E-state index in [9.17, 15) is 5.11 Å². The summed E-state index contributed by atoms with van der Waals surface area (Å²) in [5, 5.41) is 14.7. The molecular formula is C27H41NO. The third-order valence-corrected chi connectivity index (χ3v) is 10.3. The van der Waals surface area contributed by atoms with E-state index in [0.717, 1.165) is 43.1 Å². The van der Waals surface area contributed by atoms with Gasteiger partial charge in [0.1, 0.15) is 0 Å². The van der Waals surface area contributed by atoms with Gasteiger partial charge in [-0.05, 0) is 105 Å². The second kappa shape index (κ2) is 7.09. The fourth-order valence-electron chi connectivity index (χ4n) is 8.60. The van der Waals surface area contributed by atoms with Gasteiger partial charge in [0.15, 0.2) is 0 Å². The van der Waals surface area contributed by atoms with Crippen LogP contribution in [-0.4, -0.2) is 16.7 Å². The second-order valence-electron chi connectivity index (χ2n) is 11.9. The van der Waals surface area contributed by atoms with Gasteiger partial charge in [0, 0.05) is 12.6 Å². The van der Waals surface area contributed by atoms with Crippen LogP contribution >= 0.6 is 0 Å². The molecule has 0 radical (unpaired) electrons. The van der Waals surface area contributed by atoms with Crippen LogP contribution in [0, 0.1) is 34.5 Å². The molecule has 2 nitrogen and oxygen atoms in total. The SMILES string of the molecule is C[C@@]1(O)CC[C@@]2(C)[C@@H](CC[C@@H]3[C@@H]2CC[C@]2(C)[C@@H](NCc4ccccc4)CC[C@@H]32)C1. The van der Waals surface area contributed by atoms with Crippen molar-refractivity contribution in [1.82, 2.24) is 5.32 Å². The molecule has 1 aromatic rings. The molecule has 0 aromatic heterocycles. The lowest BCUT2D eigenvalue weighted by Crippen LogP contribution is -2.56. The highest BCUT2D eigenvalue weighted by Gasteiger charge is 2.60. The molecule has 2 N–H and O–H groups in total. The smallest absolute Gasteiger partial charge is 0.0622 e. The van der Waals surface area contributed by atoms with Crippen LogP contribution in [0.1, 0.15) is 84.1 Å². The third kappa shape index (κ3) is 3.30. The van der Waals surface area contributed by atoms with Crippen molar-refractivity contribution >= 4 is 0 Å². The van der Waals surface area contributed by atoms with Gasteiger partial charge in [0.25, 0.3) is 0 Å². The summed E-state index contributed by atoms with van der Waals surface area (Å²) in [5.74, 6) is 3.45. The molecule has 0 heterocycles. The lowest BCUT2D eigenvalue weighted by molar-refractivity contribution is -0.144. The van der Waals surface area contributed by atoms with Crippen LogP contribution in [0.15, 0.2) is 30.3 Å². The van der Waals surface area contributed by atoms with E-state index in [1.807, 2.05) is 0 Å². The Morgan fingerprint density at radius 1 is 0.862 bits per heavy atom. The number of benzene rings is 1. The maximum absolute atomic E-state index is 10.7. The number of rotatable bonds is 3. The first kappa shape index (κ1) is 20.1. The molecule has 2 heteroatoms. The Bertz CT molecular complexity index is 729. The van der Waals surface area contributed by atoms with Crippen molar-refractivity contribution in [3.8, 4) is 0 Å². The van der Waals surface area contributed by atoms with Gasteiger partial charge < -0.3 is 10.4 Å². The van der Waals surface area contributed by atoms with Gasteiger partial charge in [0.2, 0.25) is 0 Å². The summed E-state index contributed by atoms with van der Waals surface area (Å²) in [7, 11) is 0. The molecule has 4 aliphatic rings. The highest BCUT2D eigenvalue weighted by Crippen LogP contribution is 2.66. The normalized spacial score (nSPS) is 49.2. The van der Waals surface area contributed by atoms with Crippen molar-refractivity contribution in [2.24, 2.45) is 34.5 Å². The minimum Gasteiger partial charge on any atom is -0.390 e. The van der Waals surface area contributed by atoms with Crippen LogP contribution in [0.3, 0.4) is 0 Å². The zero-order valence-electron chi connectivity index (χ0n) is 18.8. The molecule has 0 spiro atoms. The predicted molar refractivity (Wildman–Crippen MR) is 119 cm³/mol. The number of nitrogens with one attached hydrogen (secondary N) is 1. The Morgan fingerprint density at radius 3 is 2.41 bits per heavy atom. The summed E-state index contributed by atoms with van der Waals surface area (Å²) < 4.78 is 0. The van der Waals surface area contributed by atoms with Crippen molar-refractivity contribution < 1.29 is 5.11 Å². The first-order chi connectivity index (χ1) is 13.8. The molecule has 4 fully saturated rings. The van der Waals surface area contributed by atoms with Gasteiger partial charge in [-0.15, -0.1) is 0 Å². The topological polar surface area (TPSA) is 32.3 Å². The fourth-order valence-corrected chi connectivity index (χ4v) is 8.60. The summed E-state index contributed by atoms with van der Waals surface area (Å²) in [6, 6.07) is 11.6. The maximum Gasteiger partial charge on any atom is 0.0622 e. The summed E-state index contributed by atoms with van der Waals surface area (Å²) in [6.45, 7) is 8.31. The second-order valence-corrected chi connectivity index (χ2v) is 11.9. The Labute approximate surface area is 177 Å². The van der Waals surface area contributed by atoms with E-state index in [-0.39, 0.29) is 0 Å². The van der Waals surface area contributed by atoms with Crippen molar-refractivity contribution in [2.45, 2.75) is 96.7 Å². The Balaban J connectivity index is 1.31. The van der Waals surface area contributed by atoms with Crippen molar-refractivity contribution in [1.29, 1.82) is 0 Å². The van der Waals surface area contributed by atoms with E-state index in [4.69, 9.17) is 0 Å². The van der Waals surface area contributed by atoms with Crippen molar-refractivity contribution in [2.75, 3.05) is 0 Å². The Morgan fingerprint density at radius 2 is 1.62 bits per heavy atom. The molecule has 5 rings (SSSR count). The molecule has 0 bridgehead atoms. The largest absolute Gasteiger partial charge is 0.390 e. The van der Waals surface area contributed by atoms with Gasteiger partial charge in [-0.25, -0.2) is 0 Å². The molecule has 0 saturated heterocycles. The molecule has 1 aromatic carbocycles. The predicted octanol–water partition coefficient (Wildman–Crippen LogP) is 5.94. The van der Waals surface area contributed by atoms with Gasteiger partial charge in [-0.1, -0.05) is 44.2 Å². The van der Waals surface area contributed by atoms with E-state index in [2.05, 4.69) is 56.4 Å². The maximum atomic E-state index is 10.7. The van der Waals surface area contributed by atoms with Crippen LogP contribution in [0.2, 0.25) is 0 Å². The zero-order chi connectivity index (χ0) is 20.3. The number of hydrogen-bond acceptors (Lipinski definition) is 2. The van der Waals surface area contributed by atoms with Gasteiger partial charge >= 0.3 is 0 Å². The number of fused-ring (bicyclic) bond motifs is 5. The highest BCUT2D eigenvalue weighted by molar-refractivity contribution is 5.16. The number of aliphatic hydroxyl groups is 1. The highest BCUT2D eigenvalue weighted by atomic mass is 16.3. The zero-order valence-corrected chi connectivity index (χ0v) is 18.8. The van der Waals surface area contributed by atoms with E-state index in [1.54, 1.807) is 0 Å². The molecular weight excluding hydrogens is 354 g/mol. The monoisotopic (exact) mass is 395 g/mol. The summed E-state index contributed by atoms with van der Waals surface area (Å²) in [4.78, 5) is 0. The van der Waals surface area contributed by atoms with Gasteiger partial charge in [-0.2, -0.15) is 0 Å². The molecule has 29 heavy (non-hydrogen) atoms. The minimum atomic E-state index is -0.417. The fraction of sp³-hybridized carbons (Fsp3) is 0.778. The van der Waals surface area contributed by atoms with Crippen LogP contribution in [-0.2, 0) is 6.54 Å². The molecule has 4 saturated carbocycles. The first-order valence-electron chi connectivity index (χ1n) is 12.3. The van der Waals surface area contributed by atoms with Crippen LogP contribution in [0.5, 0.6) is 0 Å². The minimum absolute atomic E-state index is 0.417. The van der Waals surface area contributed by atoms with Crippen LogP contribution in [0.4, 0.5) is 0 Å². The molecule has 160 valence electrons.